The molecule has 0 radical (unpaired) electrons. The summed E-state index contributed by atoms with van der Waals surface area (Å²) in [5, 5.41) is 13.4. The van der Waals surface area contributed by atoms with Crippen LogP contribution in [0.25, 0.3) is 17.0 Å². The van der Waals surface area contributed by atoms with E-state index in [2.05, 4.69) is 24.9 Å². The summed E-state index contributed by atoms with van der Waals surface area (Å²) in [5.41, 5.74) is 6.73. The fourth-order valence-corrected chi connectivity index (χ4v) is 3.47. The van der Waals surface area contributed by atoms with E-state index in [1.807, 2.05) is 30.5 Å². The first-order chi connectivity index (χ1) is 12.0. The maximum absolute atomic E-state index is 11.0. The van der Waals surface area contributed by atoms with Gasteiger partial charge in [-0.1, -0.05) is 6.07 Å². The molecule has 0 spiro atoms. The monoisotopic (exact) mass is 353 g/mol. The van der Waals surface area contributed by atoms with E-state index in [1.54, 1.807) is 17.7 Å². The van der Waals surface area contributed by atoms with Crippen LogP contribution in [0.4, 0.5) is 5.95 Å². The van der Waals surface area contributed by atoms with E-state index in [9.17, 15) is 5.11 Å². The van der Waals surface area contributed by atoms with Crippen LogP contribution in [0.1, 0.15) is 23.3 Å². The van der Waals surface area contributed by atoms with Gasteiger partial charge in [0.05, 0.1) is 11.0 Å². The fraction of sp³-hybridized carbons (Fsp3) is 0.188. The standard InChI is InChI=1S/C16H15N7OS/c1-9-21-11-4-3-10(16(2,24)13-18-5-6-25-13)7-12(11)23(9)15-20-8-19-14(17)22-15/h3-8,24H,1-2H3,(H2,17,19,20,22). The highest BCUT2D eigenvalue weighted by molar-refractivity contribution is 7.09. The molecule has 0 amide bonds. The van der Waals surface area contributed by atoms with Gasteiger partial charge in [-0.3, -0.25) is 4.57 Å². The highest BCUT2D eigenvalue weighted by Gasteiger charge is 2.29. The first-order valence-electron chi connectivity index (χ1n) is 7.53. The number of rotatable bonds is 3. The van der Waals surface area contributed by atoms with Gasteiger partial charge in [-0.15, -0.1) is 11.3 Å². The summed E-state index contributed by atoms with van der Waals surface area (Å²) in [6.45, 7) is 3.58. The number of hydrogen-bond acceptors (Lipinski definition) is 8. The second kappa shape index (κ2) is 5.57. The Hall–Kier alpha value is -2.91. The van der Waals surface area contributed by atoms with Gasteiger partial charge < -0.3 is 10.8 Å². The molecule has 0 bridgehead atoms. The SMILES string of the molecule is Cc1nc2ccc(C(C)(O)c3nccs3)cc2n1-c1ncnc(N)n1. The Balaban J connectivity index is 1.93. The van der Waals surface area contributed by atoms with Crippen molar-refractivity contribution in [3.63, 3.8) is 0 Å². The second-order valence-electron chi connectivity index (χ2n) is 5.75. The van der Waals surface area contributed by atoms with Crippen molar-refractivity contribution in [2.24, 2.45) is 0 Å². The molecule has 0 saturated heterocycles. The van der Waals surface area contributed by atoms with Crippen molar-refractivity contribution in [2.75, 3.05) is 5.73 Å². The Bertz CT molecular complexity index is 1060. The fourth-order valence-electron chi connectivity index (χ4n) is 2.75. The molecule has 126 valence electrons. The van der Waals surface area contributed by atoms with Crippen molar-refractivity contribution in [2.45, 2.75) is 19.4 Å². The number of aryl methyl sites for hydroxylation is 1. The summed E-state index contributed by atoms with van der Waals surface area (Å²) in [6, 6.07) is 5.58. The minimum absolute atomic E-state index is 0.136. The zero-order valence-corrected chi connectivity index (χ0v) is 14.4. The third-order valence-electron chi connectivity index (χ3n) is 4.01. The van der Waals surface area contributed by atoms with Gasteiger partial charge in [0, 0.05) is 11.6 Å². The quantitative estimate of drug-likeness (QED) is 0.577. The molecule has 8 nitrogen and oxygen atoms in total. The van der Waals surface area contributed by atoms with E-state index in [1.165, 1.54) is 17.7 Å². The highest BCUT2D eigenvalue weighted by Crippen LogP contribution is 2.32. The van der Waals surface area contributed by atoms with Crippen molar-refractivity contribution in [1.29, 1.82) is 0 Å². The van der Waals surface area contributed by atoms with Crippen molar-refractivity contribution >= 4 is 28.3 Å². The van der Waals surface area contributed by atoms with Crippen LogP contribution >= 0.6 is 11.3 Å². The first-order valence-corrected chi connectivity index (χ1v) is 8.41. The lowest BCUT2D eigenvalue weighted by molar-refractivity contribution is 0.102. The lowest BCUT2D eigenvalue weighted by Gasteiger charge is -2.21. The normalized spacial score (nSPS) is 13.9. The number of thiazole rings is 1. The number of anilines is 1. The number of nitrogen functional groups attached to an aromatic ring is 1. The number of aliphatic hydroxyl groups is 1. The molecule has 25 heavy (non-hydrogen) atoms. The molecule has 0 saturated carbocycles. The second-order valence-corrected chi connectivity index (χ2v) is 6.65. The number of nitrogens with two attached hydrogens (primary N) is 1. The Morgan fingerprint density at radius 1 is 1.20 bits per heavy atom. The minimum Gasteiger partial charge on any atom is -0.378 e. The van der Waals surface area contributed by atoms with Crippen LogP contribution in [0.5, 0.6) is 0 Å². The van der Waals surface area contributed by atoms with Crippen LogP contribution in [0, 0.1) is 6.92 Å². The molecule has 0 fully saturated rings. The molecule has 1 unspecified atom stereocenters. The van der Waals surface area contributed by atoms with Gasteiger partial charge >= 0.3 is 0 Å². The highest BCUT2D eigenvalue weighted by atomic mass is 32.1. The van der Waals surface area contributed by atoms with Gasteiger partial charge in [-0.2, -0.15) is 4.98 Å². The van der Waals surface area contributed by atoms with Crippen molar-refractivity contribution in [1.82, 2.24) is 29.5 Å². The average molecular weight is 353 g/mol. The zero-order chi connectivity index (χ0) is 17.6. The summed E-state index contributed by atoms with van der Waals surface area (Å²) in [6.07, 6.45) is 3.04. The van der Waals surface area contributed by atoms with Crippen LogP contribution in [0.15, 0.2) is 36.1 Å². The van der Waals surface area contributed by atoms with Gasteiger partial charge in [-0.25, -0.2) is 19.9 Å². The molecule has 3 heterocycles. The zero-order valence-electron chi connectivity index (χ0n) is 13.6. The molecule has 3 N–H and O–H groups in total. The number of aromatic nitrogens is 6. The minimum atomic E-state index is -1.20. The van der Waals surface area contributed by atoms with Crippen LogP contribution in [-0.4, -0.2) is 34.6 Å². The summed E-state index contributed by atoms with van der Waals surface area (Å²) >= 11 is 1.40. The van der Waals surface area contributed by atoms with Crippen LogP contribution < -0.4 is 5.73 Å². The number of nitrogens with zero attached hydrogens (tertiary/aromatic N) is 6. The maximum atomic E-state index is 11.0. The lowest BCUT2D eigenvalue weighted by atomic mass is 9.96. The van der Waals surface area contributed by atoms with Crippen LogP contribution in [-0.2, 0) is 5.60 Å². The van der Waals surface area contributed by atoms with Crippen LogP contribution in [0.3, 0.4) is 0 Å². The molecule has 4 rings (SSSR count). The van der Waals surface area contributed by atoms with Crippen LogP contribution in [0.2, 0.25) is 0 Å². The molecule has 1 atom stereocenters. The number of fused-ring (bicyclic) bond motifs is 1. The molecule has 3 aromatic heterocycles. The molecule has 4 aromatic rings. The topological polar surface area (TPSA) is 116 Å². The summed E-state index contributed by atoms with van der Waals surface area (Å²) in [7, 11) is 0. The van der Waals surface area contributed by atoms with E-state index < -0.39 is 5.60 Å². The van der Waals surface area contributed by atoms with Crippen molar-refractivity contribution in [3.8, 4) is 5.95 Å². The molecule has 1 aromatic carbocycles. The Morgan fingerprint density at radius 2 is 2.04 bits per heavy atom. The predicted octanol–water partition coefficient (Wildman–Crippen LogP) is 1.81. The number of imidazole rings is 1. The van der Waals surface area contributed by atoms with Gasteiger partial charge in [0.2, 0.25) is 11.9 Å². The van der Waals surface area contributed by atoms with Gasteiger partial charge in [-0.05, 0) is 31.5 Å². The maximum Gasteiger partial charge on any atom is 0.240 e. The van der Waals surface area contributed by atoms with E-state index in [0.29, 0.717) is 22.3 Å². The molecular weight excluding hydrogens is 338 g/mol. The molecule has 9 heteroatoms. The van der Waals surface area contributed by atoms with Gasteiger partial charge in [0.15, 0.2) is 0 Å². The lowest BCUT2D eigenvalue weighted by Crippen LogP contribution is -2.22. The summed E-state index contributed by atoms with van der Waals surface area (Å²) in [4.78, 5) is 21.0. The molecule has 0 aliphatic carbocycles. The molecule has 0 aliphatic rings. The van der Waals surface area contributed by atoms with E-state index in [4.69, 9.17) is 5.73 Å². The summed E-state index contributed by atoms with van der Waals surface area (Å²) < 4.78 is 1.79. The van der Waals surface area contributed by atoms with Gasteiger partial charge in [0.1, 0.15) is 22.8 Å². The van der Waals surface area contributed by atoms with E-state index in [-0.39, 0.29) is 5.95 Å². The van der Waals surface area contributed by atoms with Crippen molar-refractivity contribution in [3.05, 3.63) is 52.5 Å². The predicted molar refractivity (Wildman–Crippen MR) is 94.4 cm³/mol. The Morgan fingerprint density at radius 3 is 2.76 bits per heavy atom. The smallest absolute Gasteiger partial charge is 0.240 e. The Kier molecular flexibility index (Phi) is 3.48. The van der Waals surface area contributed by atoms with E-state index >= 15 is 0 Å². The molecular formula is C16H15N7OS. The number of hydrogen-bond donors (Lipinski definition) is 2. The third-order valence-corrected chi connectivity index (χ3v) is 4.99. The van der Waals surface area contributed by atoms with Crippen molar-refractivity contribution < 1.29 is 5.11 Å². The largest absolute Gasteiger partial charge is 0.378 e. The van der Waals surface area contributed by atoms with Gasteiger partial charge in [0.25, 0.3) is 0 Å². The molecule has 0 aliphatic heterocycles. The first kappa shape index (κ1) is 15.6. The third kappa shape index (κ3) is 2.53. The average Bonchev–Trinajstić information content (AvgIpc) is 3.21. The number of benzene rings is 1. The van der Waals surface area contributed by atoms with E-state index in [0.717, 1.165) is 11.0 Å². The Labute approximate surface area is 147 Å². The summed E-state index contributed by atoms with van der Waals surface area (Å²) in [5.74, 6) is 1.24.